The molecule has 1 saturated heterocycles. The highest BCUT2D eigenvalue weighted by molar-refractivity contribution is 8.00. The number of fused-ring (bicyclic) bond motifs is 6. The van der Waals surface area contributed by atoms with Crippen molar-refractivity contribution in [1.29, 1.82) is 5.41 Å². The number of imide groups is 1. The molecule has 12 amide bonds. The molecule has 2 aliphatic rings. The van der Waals surface area contributed by atoms with Crippen LogP contribution in [0.25, 0.3) is 43.7 Å². The molecule has 0 aliphatic carbocycles. The van der Waals surface area contributed by atoms with Crippen molar-refractivity contribution in [3.8, 4) is 11.5 Å². The summed E-state index contributed by atoms with van der Waals surface area (Å²) in [7, 11) is 1.45. The number of anilines is 5. The fraction of sp³-hybridized carbons (Fsp3) is 0.308. The van der Waals surface area contributed by atoms with E-state index in [-0.39, 0.29) is 92.2 Å². The number of aliphatic carboxylic acids is 5. The SMILES string of the molecule is COc1ccc(C(OCC/C(C)=N\NC(=O)Nc2ccc3[nH]c(C(=O)Nc4ccc5[nH]c(C(=O)N6CC(Cl)c7c6cc(OC(C)=O)c6ccccc76)cc5c4)cc3c2)OCCN2C(=O)CC(SC[C@@H](NC(=O)[C@H](CC(=O)O)NC(=O)[C@H](CC(=O)O)NC(=O)[C@H](CCCNC(=N)N)NC(=O)[C@H](CC(=O)O)NC(=O)CC[C@H](NC(=O)c3ccc(NCc4cnc5nc(N)[nH]c(=O)c5n4)cc3)C(=O)O)C(=O)O)C2=O)cc1. The van der Waals surface area contributed by atoms with E-state index in [4.69, 9.17) is 47.4 Å². The van der Waals surface area contributed by atoms with Gasteiger partial charge in [-0.3, -0.25) is 87.2 Å². The van der Waals surface area contributed by atoms with Crippen molar-refractivity contribution in [3.63, 3.8) is 0 Å². The molecule has 0 bridgehead atoms. The van der Waals surface area contributed by atoms with E-state index in [1.807, 2.05) is 29.6 Å². The summed E-state index contributed by atoms with van der Waals surface area (Å²) in [6.07, 6.45) is -6.01. The summed E-state index contributed by atoms with van der Waals surface area (Å²) in [6, 6.07) is 21.4. The number of nitrogens with zero attached hydrogens (tertiary/aromatic N) is 6. The summed E-state index contributed by atoms with van der Waals surface area (Å²) in [5.74, 6) is -20.0. The van der Waals surface area contributed by atoms with E-state index < -0.39 is 210 Å². The predicted octanol–water partition coefficient (Wildman–Crippen LogP) is 3.49. The number of hydrogen-bond donors (Lipinski definition) is 22. The van der Waals surface area contributed by atoms with E-state index in [0.717, 1.165) is 15.8 Å². The Morgan fingerprint density at radius 3 is 1.85 bits per heavy atom. The molecule has 9 atom stereocenters. The number of alkyl halides is 1. The number of guanidine groups is 1. The number of amides is 12. The van der Waals surface area contributed by atoms with Crippen molar-refractivity contribution in [2.24, 2.45) is 10.8 Å². The third kappa shape index (κ3) is 28.3. The Hall–Kier alpha value is -17.2. The topological polar surface area (TPSA) is 758 Å². The standard InChI is InChI=1S/C91H96ClN23O27S/c1-42(112-113-91(138)101-50-17-21-56-46(30-50)31-60(102-56)79(127)100-49-16-20-57-47(29-49)32-64(103-57)84(132)115-40-55(92)74-54-8-5-4-7-53(54)67(36-66(74)115)142-43(2)116)24-27-140-88(45-12-18-52(139-3)19-13-45)141-28-26-114-70(118)37-68(85(114)133)143-41-65(87(136)137)109-82(130)63(35-73(123)124)108-81(129)62(34-72(121)122)107-78(126)58(9-6-25-96-89(93)94)105-80(128)61(33-71(119)120)104-69(117)23-22-59(86(134)135)106-77(125)44-10-14-48(15-11-44)97-38-51-39-98-76-75(99-51)83(131)111-90(95)110-76/h4-5,7-8,10-21,29-32,36,39,55,58-59,61-63,65,68,88,97,102-103H,6,9,22-28,33-35,37-38,40-41H2,1-3H3,(H,100,127)(H,104,117)(H,105,128)(H,106,125)(H,107,126)(H,108,129)(H,109,130)(H,119,120)(H,121,122)(H,123,124)(H,134,135)(H,136,137)(H4,93,94,96)(H2,101,113,138)(H3,95,98,110,111,131)/b112-42-/t55?,58-,59-,61-,62-,63-,65+,68?,88?/m0/s1. The number of nitrogens with one attached hydrogen (secondary N) is 15. The highest BCUT2D eigenvalue weighted by atomic mass is 35.5. The van der Waals surface area contributed by atoms with Crippen molar-refractivity contribution in [3.05, 3.63) is 178 Å². The van der Waals surface area contributed by atoms with Crippen molar-refractivity contribution in [2.75, 3.05) is 72.3 Å². The number of halogens is 1. The van der Waals surface area contributed by atoms with Crippen LogP contribution in [0.15, 0.2) is 143 Å². The number of benzene rings is 6. The second kappa shape index (κ2) is 47.9. The molecule has 0 radical (unpaired) electrons. The molecule has 2 aliphatic heterocycles. The molecule has 6 aromatic carbocycles. The number of nitrogen functional groups attached to an aromatic ring is 1. The summed E-state index contributed by atoms with van der Waals surface area (Å²) < 4.78 is 23.1. The van der Waals surface area contributed by atoms with Gasteiger partial charge in [-0.2, -0.15) is 10.1 Å². The first-order valence-corrected chi connectivity index (χ1v) is 45.3. The number of rotatable bonds is 48. The van der Waals surface area contributed by atoms with Crippen molar-refractivity contribution < 1.29 is 126 Å². The Labute approximate surface area is 816 Å². The van der Waals surface area contributed by atoms with Gasteiger partial charge in [0.1, 0.15) is 59.1 Å². The number of aromatic nitrogens is 6. The number of carboxylic acids is 5. The highest BCUT2D eigenvalue weighted by Crippen LogP contribution is 2.47. The van der Waals surface area contributed by atoms with Gasteiger partial charge in [-0.15, -0.1) is 23.4 Å². The van der Waals surface area contributed by atoms with E-state index in [2.05, 4.69) is 88.3 Å². The van der Waals surface area contributed by atoms with Crippen molar-refractivity contribution >= 4 is 208 Å². The highest BCUT2D eigenvalue weighted by Gasteiger charge is 2.42. The van der Waals surface area contributed by atoms with Gasteiger partial charge in [0.2, 0.25) is 47.3 Å². The Morgan fingerprint density at radius 2 is 1.22 bits per heavy atom. The summed E-state index contributed by atoms with van der Waals surface area (Å²) >= 11 is 7.49. The van der Waals surface area contributed by atoms with Gasteiger partial charge in [0.25, 0.3) is 23.3 Å². The van der Waals surface area contributed by atoms with Crippen LogP contribution in [-0.4, -0.2) is 260 Å². The van der Waals surface area contributed by atoms with Gasteiger partial charge in [0.15, 0.2) is 23.4 Å². The van der Waals surface area contributed by atoms with Crippen LogP contribution in [0.1, 0.15) is 131 Å². The first-order chi connectivity index (χ1) is 68.2. The zero-order chi connectivity index (χ0) is 103. The number of carbonyl (C=O) groups excluding carboxylic acids is 12. The summed E-state index contributed by atoms with van der Waals surface area (Å²) in [4.78, 5) is 260. The number of esters is 1. The Kier molecular flexibility index (Phi) is 35.1. The van der Waals surface area contributed by atoms with E-state index >= 15 is 0 Å². The number of methoxy groups -OCH3 is 1. The minimum absolute atomic E-state index is 0.0183. The Balaban J connectivity index is 0.592. The lowest BCUT2D eigenvalue weighted by atomic mass is 10.0. The van der Waals surface area contributed by atoms with Crippen LogP contribution in [0, 0.1) is 5.41 Å². The Morgan fingerprint density at radius 1 is 0.636 bits per heavy atom. The van der Waals surface area contributed by atoms with Gasteiger partial charge < -0.3 is 124 Å². The van der Waals surface area contributed by atoms with Crippen LogP contribution >= 0.6 is 23.4 Å². The van der Waals surface area contributed by atoms with Gasteiger partial charge in [0, 0.05) is 118 Å². The molecule has 50 nitrogen and oxygen atoms in total. The van der Waals surface area contributed by atoms with E-state index in [1.54, 1.807) is 85.8 Å². The first kappa shape index (κ1) is 105. The molecule has 24 N–H and O–H groups in total. The molecule has 6 heterocycles. The second-order valence-corrected chi connectivity index (χ2v) is 34.2. The normalized spacial score (nSPS) is 14.8. The number of nitrogens with two attached hydrogens (primary N) is 2. The average molecular weight is 2010 g/mol. The lowest BCUT2D eigenvalue weighted by Gasteiger charge is -2.26. The quantitative estimate of drug-likeness (QED) is 0.00299. The second-order valence-electron chi connectivity index (χ2n) is 32.5. The minimum Gasteiger partial charge on any atom is -0.497 e. The molecular weight excluding hydrogens is 1910 g/mol. The molecule has 10 aromatic rings. The van der Waals surface area contributed by atoms with E-state index in [9.17, 15) is 112 Å². The number of carbonyl (C=O) groups is 17. The summed E-state index contributed by atoms with van der Waals surface area (Å²) in [6.45, 7) is 2.20. The maximum atomic E-state index is 14.2. The van der Waals surface area contributed by atoms with Gasteiger partial charge in [-0.25, -0.2) is 29.8 Å². The smallest absolute Gasteiger partial charge is 0.339 e. The van der Waals surface area contributed by atoms with Crippen LogP contribution in [0.4, 0.5) is 33.5 Å². The molecule has 3 unspecified atom stereocenters. The van der Waals surface area contributed by atoms with Gasteiger partial charge in [-0.1, -0.05) is 36.4 Å². The molecule has 750 valence electrons. The molecule has 0 saturated carbocycles. The van der Waals surface area contributed by atoms with Crippen LogP contribution in [0.2, 0.25) is 0 Å². The molecule has 143 heavy (non-hydrogen) atoms. The number of likely N-dealkylation sites (tertiary alicyclic amines) is 1. The third-order valence-electron chi connectivity index (χ3n) is 22.1. The van der Waals surface area contributed by atoms with E-state index in [0.29, 0.717) is 90.2 Å². The maximum Gasteiger partial charge on any atom is 0.339 e. The number of H-pyrrole nitrogens is 3. The molecular formula is C91H96ClN23O27S. The molecule has 0 spiro atoms. The number of hydrogen-bond acceptors (Lipinski definition) is 30. The lowest BCUT2D eigenvalue weighted by Crippen LogP contribution is -2.59. The molecule has 1 fully saturated rings. The Bertz CT molecular complexity index is 6740. The number of ether oxygens (including phenoxy) is 4. The molecule has 4 aromatic heterocycles. The summed E-state index contributed by atoms with van der Waals surface area (Å²) in [5, 5.41) is 86.2. The zero-order valence-electron chi connectivity index (χ0n) is 76.1. The van der Waals surface area contributed by atoms with Crippen molar-refractivity contribution in [2.45, 2.75) is 131 Å². The van der Waals surface area contributed by atoms with Gasteiger partial charge in [0.05, 0.1) is 80.9 Å². The van der Waals surface area contributed by atoms with Gasteiger partial charge >= 0.3 is 41.8 Å². The fourth-order valence-electron chi connectivity index (χ4n) is 15.1. The lowest BCUT2D eigenvalue weighted by molar-refractivity contribution is -0.155. The van der Waals surface area contributed by atoms with Crippen LogP contribution < -0.4 is 90.0 Å². The van der Waals surface area contributed by atoms with Crippen LogP contribution in [-0.2, 0) is 78.3 Å². The minimum atomic E-state index is -2.26. The van der Waals surface area contributed by atoms with Gasteiger partial charge in [-0.05, 0) is 117 Å². The first-order valence-electron chi connectivity index (χ1n) is 43.8. The molecule has 52 heteroatoms. The van der Waals surface area contributed by atoms with Crippen LogP contribution in [0.3, 0.4) is 0 Å². The fourth-order valence-corrected chi connectivity index (χ4v) is 16.6. The van der Waals surface area contributed by atoms with E-state index in [1.165, 1.54) is 49.4 Å². The van der Waals surface area contributed by atoms with Crippen LogP contribution in [0.5, 0.6) is 11.5 Å². The molecule has 12 rings (SSSR count). The zero-order valence-corrected chi connectivity index (χ0v) is 77.6. The number of aromatic amines is 3. The largest absolute Gasteiger partial charge is 0.497 e. The summed E-state index contributed by atoms with van der Waals surface area (Å²) in [5.41, 5.74) is 18.0. The van der Waals surface area contributed by atoms with Crippen molar-refractivity contribution in [1.82, 2.24) is 77.4 Å². The number of thioether (sulfide) groups is 1. The average Bonchev–Trinajstić information content (AvgIpc) is 1.59. The number of urea groups is 1. The number of hydrazone groups is 1. The third-order valence-corrected chi connectivity index (χ3v) is 23.7. The maximum absolute atomic E-state index is 14.2. The number of carboxylic acid groups (broad SMARTS) is 5. The monoisotopic (exact) mass is 2010 g/mol. The predicted molar refractivity (Wildman–Crippen MR) is 513 cm³/mol.